The van der Waals surface area contributed by atoms with E-state index in [9.17, 15) is 13.2 Å². The molecule has 0 spiro atoms. The largest absolute Gasteiger partial charge is 0.416 e. The molecular formula is C15H10F3N. The first-order chi connectivity index (χ1) is 8.99. The quantitative estimate of drug-likeness (QED) is 0.788. The second kappa shape index (κ2) is 5.07. The third-order valence-electron chi connectivity index (χ3n) is 2.53. The number of terminal acetylenes is 1. The van der Waals surface area contributed by atoms with Crippen LogP contribution in [0.5, 0.6) is 0 Å². The van der Waals surface area contributed by atoms with Crippen LogP contribution in [0.25, 0.3) is 0 Å². The second-order valence-corrected chi connectivity index (χ2v) is 3.93. The molecule has 4 heteroatoms. The maximum absolute atomic E-state index is 12.4. The molecule has 0 unspecified atom stereocenters. The van der Waals surface area contributed by atoms with Gasteiger partial charge < -0.3 is 5.32 Å². The summed E-state index contributed by atoms with van der Waals surface area (Å²) in [5.41, 5.74) is 1.34. The Balaban J connectivity index is 2.18. The number of halogens is 3. The van der Waals surface area contributed by atoms with Gasteiger partial charge in [0.15, 0.2) is 0 Å². The highest BCUT2D eigenvalue weighted by molar-refractivity contribution is 5.61. The summed E-state index contributed by atoms with van der Waals surface area (Å²) in [4.78, 5) is 0. The Morgan fingerprint density at radius 2 is 1.63 bits per heavy atom. The minimum Gasteiger partial charge on any atom is -0.355 e. The smallest absolute Gasteiger partial charge is 0.355 e. The molecule has 1 nitrogen and oxygen atoms in total. The van der Waals surface area contributed by atoms with Gasteiger partial charge in [0, 0.05) is 16.9 Å². The number of benzene rings is 2. The molecule has 0 aliphatic carbocycles. The van der Waals surface area contributed by atoms with E-state index >= 15 is 0 Å². The molecule has 0 aliphatic rings. The predicted octanol–water partition coefficient (Wildman–Crippen LogP) is 4.43. The van der Waals surface area contributed by atoms with E-state index < -0.39 is 11.7 Å². The van der Waals surface area contributed by atoms with Crippen LogP contribution in [-0.2, 0) is 6.18 Å². The number of anilines is 2. The molecule has 2 aromatic rings. The van der Waals surface area contributed by atoms with Crippen LogP contribution in [0.2, 0.25) is 0 Å². The Labute approximate surface area is 109 Å². The van der Waals surface area contributed by atoms with Crippen LogP contribution in [0.3, 0.4) is 0 Å². The van der Waals surface area contributed by atoms with E-state index in [2.05, 4.69) is 11.2 Å². The van der Waals surface area contributed by atoms with E-state index in [1.54, 1.807) is 24.3 Å². The molecule has 0 fully saturated rings. The van der Waals surface area contributed by atoms with Gasteiger partial charge in [0.1, 0.15) is 0 Å². The van der Waals surface area contributed by atoms with Crippen molar-refractivity contribution in [3.8, 4) is 12.3 Å². The molecular weight excluding hydrogens is 251 g/mol. The minimum atomic E-state index is -4.32. The lowest BCUT2D eigenvalue weighted by Gasteiger charge is -2.09. The van der Waals surface area contributed by atoms with Crippen molar-refractivity contribution in [2.24, 2.45) is 0 Å². The average Bonchev–Trinajstić information content (AvgIpc) is 2.38. The molecule has 0 atom stereocenters. The van der Waals surface area contributed by atoms with Crippen LogP contribution in [0, 0.1) is 12.3 Å². The molecule has 2 aromatic carbocycles. The van der Waals surface area contributed by atoms with Crippen molar-refractivity contribution >= 4 is 11.4 Å². The van der Waals surface area contributed by atoms with Crippen molar-refractivity contribution in [2.45, 2.75) is 6.18 Å². The van der Waals surface area contributed by atoms with Crippen molar-refractivity contribution < 1.29 is 13.2 Å². The third kappa shape index (κ3) is 3.29. The van der Waals surface area contributed by atoms with Crippen LogP contribution in [0.15, 0.2) is 48.5 Å². The van der Waals surface area contributed by atoms with Crippen molar-refractivity contribution in [2.75, 3.05) is 5.32 Å². The zero-order valence-corrected chi connectivity index (χ0v) is 9.83. The monoisotopic (exact) mass is 261 g/mol. The highest BCUT2D eigenvalue weighted by Gasteiger charge is 2.29. The number of alkyl halides is 3. The molecule has 0 radical (unpaired) electrons. The molecule has 96 valence electrons. The van der Waals surface area contributed by atoms with E-state index in [0.29, 0.717) is 11.3 Å². The van der Waals surface area contributed by atoms with E-state index in [0.717, 1.165) is 17.8 Å². The lowest BCUT2D eigenvalue weighted by atomic mass is 10.1. The van der Waals surface area contributed by atoms with E-state index in [1.165, 1.54) is 12.1 Å². The van der Waals surface area contributed by atoms with Gasteiger partial charge in [-0.15, -0.1) is 6.42 Å². The van der Waals surface area contributed by atoms with Crippen molar-refractivity contribution in [3.05, 3.63) is 59.7 Å². The Morgan fingerprint density at radius 3 is 2.21 bits per heavy atom. The number of rotatable bonds is 2. The second-order valence-electron chi connectivity index (χ2n) is 3.93. The van der Waals surface area contributed by atoms with Crippen LogP contribution in [-0.4, -0.2) is 0 Å². The van der Waals surface area contributed by atoms with Gasteiger partial charge >= 0.3 is 6.18 Å². The van der Waals surface area contributed by atoms with Gasteiger partial charge in [-0.05, 0) is 42.5 Å². The number of nitrogens with one attached hydrogen (secondary N) is 1. The van der Waals surface area contributed by atoms with Gasteiger partial charge in [0.05, 0.1) is 5.56 Å². The zero-order valence-electron chi connectivity index (χ0n) is 9.83. The topological polar surface area (TPSA) is 12.0 Å². The SMILES string of the molecule is C#Cc1cccc(Nc2ccc(C(F)(F)F)cc2)c1. The van der Waals surface area contributed by atoms with Gasteiger partial charge in [0.25, 0.3) is 0 Å². The maximum Gasteiger partial charge on any atom is 0.416 e. The molecule has 0 saturated carbocycles. The first-order valence-corrected chi connectivity index (χ1v) is 5.50. The van der Waals surface area contributed by atoms with Crippen LogP contribution < -0.4 is 5.32 Å². The highest BCUT2D eigenvalue weighted by atomic mass is 19.4. The minimum absolute atomic E-state index is 0.571. The molecule has 19 heavy (non-hydrogen) atoms. The Kier molecular flexibility index (Phi) is 3.48. The lowest BCUT2D eigenvalue weighted by Crippen LogP contribution is -2.04. The van der Waals surface area contributed by atoms with Crippen LogP contribution in [0.4, 0.5) is 24.5 Å². The Bertz CT molecular complexity index is 607. The molecule has 0 heterocycles. The van der Waals surface area contributed by atoms with E-state index in [1.807, 2.05) is 0 Å². The maximum atomic E-state index is 12.4. The van der Waals surface area contributed by atoms with Gasteiger partial charge in [-0.2, -0.15) is 13.2 Å². The molecule has 0 bridgehead atoms. The van der Waals surface area contributed by atoms with Gasteiger partial charge in [0.2, 0.25) is 0 Å². The van der Waals surface area contributed by atoms with Crippen LogP contribution in [0.1, 0.15) is 11.1 Å². The summed E-state index contributed by atoms with van der Waals surface area (Å²) in [6.45, 7) is 0. The van der Waals surface area contributed by atoms with Gasteiger partial charge in [-0.1, -0.05) is 12.0 Å². The third-order valence-corrected chi connectivity index (χ3v) is 2.53. The van der Waals surface area contributed by atoms with Crippen molar-refractivity contribution in [3.63, 3.8) is 0 Å². The number of hydrogen-bond acceptors (Lipinski definition) is 1. The summed E-state index contributed by atoms with van der Waals surface area (Å²) >= 11 is 0. The summed E-state index contributed by atoms with van der Waals surface area (Å²) in [6.07, 6.45) is 0.960. The predicted molar refractivity (Wildman–Crippen MR) is 69.1 cm³/mol. The summed E-state index contributed by atoms with van der Waals surface area (Å²) in [5.74, 6) is 2.49. The molecule has 1 N–H and O–H groups in total. The number of hydrogen-bond donors (Lipinski definition) is 1. The zero-order chi connectivity index (χ0) is 13.9. The Morgan fingerprint density at radius 1 is 0.947 bits per heavy atom. The summed E-state index contributed by atoms with van der Waals surface area (Å²) < 4.78 is 37.2. The van der Waals surface area contributed by atoms with E-state index in [-0.39, 0.29) is 0 Å². The van der Waals surface area contributed by atoms with E-state index in [4.69, 9.17) is 6.42 Å². The standard InChI is InChI=1S/C15H10F3N/c1-2-11-4-3-5-14(10-11)19-13-8-6-12(7-9-13)15(16,17)18/h1,3-10,19H. The molecule has 0 saturated heterocycles. The molecule has 0 aliphatic heterocycles. The average molecular weight is 261 g/mol. The fourth-order valence-corrected chi connectivity index (χ4v) is 1.60. The summed E-state index contributed by atoms with van der Waals surface area (Å²) in [7, 11) is 0. The van der Waals surface area contributed by atoms with Gasteiger partial charge in [-0.3, -0.25) is 0 Å². The Hall–Kier alpha value is -2.41. The molecule has 0 aromatic heterocycles. The normalized spacial score (nSPS) is 10.8. The van der Waals surface area contributed by atoms with Crippen LogP contribution >= 0.6 is 0 Å². The fourth-order valence-electron chi connectivity index (χ4n) is 1.60. The summed E-state index contributed by atoms with van der Waals surface area (Å²) in [5, 5.41) is 2.99. The van der Waals surface area contributed by atoms with Crippen molar-refractivity contribution in [1.82, 2.24) is 0 Å². The molecule has 0 amide bonds. The molecule has 2 rings (SSSR count). The van der Waals surface area contributed by atoms with Crippen molar-refractivity contribution in [1.29, 1.82) is 0 Å². The first kappa shape index (κ1) is 13.0. The van der Waals surface area contributed by atoms with Gasteiger partial charge in [-0.25, -0.2) is 0 Å². The highest BCUT2D eigenvalue weighted by Crippen LogP contribution is 2.30. The fraction of sp³-hybridized carbons (Fsp3) is 0.0667. The first-order valence-electron chi connectivity index (χ1n) is 5.50. The summed E-state index contributed by atoms with van der Waals surface area (Å²) in [6, 6.07) is 11.9. The lowest BCUT2D eigenvalue weighted by molar-refractivity contribution is -0.137.